The standard InChI is InChI=1S/C6H13NO2S.Li/c1-5(8)7-10(9)6(2,3)4;/h1-4H3,(H,7,8);/q;+1/p-1/t10-;/m1./s1. The molecule has 0 aliphatic heterocycles. The zero-order chi connectivity index (χ0) is 8.36. The van der Waals surface area contributed by atoms with Gasteiger partial charge in [-0.05, 0) is 38.7 Å². The van der Waals surface area contributed by atoms with E-state index in [-0.39, 0.29) is 24.8 Å². The summed E-state index contributed by atoms with van der Waals surface area (Å²) >= 11 is 0. The van der Waals surface area contributed by atoms with E-state index in [0.717, 1.165) is 0 Å². The summed E-state index contributed by atoms with van der Waals surface area (Å²) in [5.41, 5.74) is 0. The average Bonchev–Trinajstić information content (AvgIpc) is 1.60. The molecule has 0 fully saturated rings. The number of carbonyl (C=O) groups excluding carboxylic acids is 1. The molecule has 0 aliphatic rings. The summed E-state index contributed by atoms with van der Waals surface area (Å²) in [7, 11) is -1.39. The monoisotopic (exact) mass is 169 g/mol. The fraction of sp³-hybridized carbons (Fsp3) is 0.833. The minimum Gasteiger partial charge on any atom is -0.572 e. The number of hydrogen-bond acceptors (Lipinski definition) is 2. The summed E-state index contributed by atoms with van der Waals surface area (Å²) in [6, 6.07) is 0. The minimum absolute atomic E-state index is 0. The summed E-state index contributed by atoms with van der Waals surface area (Å²) in [5, 5.41) is 0. The summed E-state index contributed by atoms with van der Waals surface area (Å²) in [6.45, 7) is 6.62. The van der Waals surface area contributed by atoms with Gasteiger partial charge in [0, 0.05) is 4.75 Å². The van der Waals surface area contributed by atoms with Crippen molar-refractivity contribution in [2.75, 3.05) is 0 Å². The smallest absolute Gasteiger partial charge is 0.572 e. The summed E-state index contributed by atoms with van der Waals surface area (Å²) in [4.78, 5) is 10.3. The quantitative estimate of drug-likeness (QED) is 0.443. The Morgan fingerprint density at radius 1 is 1.36 bits per heavy atom. The van der Waals surface area contributed by atoms with Crippen molar-refractivity contribution in [3.05, 3.63) is 4.72 Å². The maximum Gasteiger partial charge on any atom is 1.00 e. The Labute approximate surface area is 82.1 Å². The van der Waals surface area contributed by atoms with Crippen molar-refractivity contribution in [3.63, 3.8) is 0 Å². The molecule has 0 N–H and O–H groups in total. The van der Waals surface area contributed by atoms with Crippen molar-refractivity contribution in [2.24, 2.45) is 0 Å². The molecular weight excluding hydrogens is 157 g/mol. The van der Waals surface area contributed by atoms with Crippen molar-refractivity contribution in [1.29, 1.82) is 0 Å². The van der Waals surface area contributed by atoms with Crippen LogP contribution in [0.5, 0.6) is 0 Å². The van der Waals surface area contributed by atoms with Crippen LogP contribution in [0.2, 0.25) is 0 Å². The molecule has 0 saturated carbocycles. The molecule has 0 rings (SSSR count). The summed E-state index contributed by atoms with van der Waals surface area (Å²) in [5.74, 6) is -0.381. The molecule has 5 heteroatoms. The van der Waals surface area contributed by atoms with Crippen molar-refractivity contribution in [3.8, 4) is 0 Å². The van der Waals surface area contributed by atoms with Crippen LogP contribution < -0.4 is 18.9 Å². The first-order chi connectivity index (χ1) is 4.34. The van der Waals surface area contributed by atoms with Gasteiger partial charge < -0.3 is 9.52 Å². The predicted octanol–water partition coefficient (Wildman–Crippen LogP) is -1.63. The van der Waals surface area contributed by atoms with Crippen molar-refractivity contribution in [1.82, 2.24) is 0 Å². The third kappa shape index (κ3) is 6.61. The normalized spacial score (nSPS) is 13.1. The van der Waals surface area contributed by atoms with Crippen LogP contribution in [-0.2, 0) is 15.8 Å². The molecule has 0 heterocycles. The maximum atomic E-state index is 11.0. The molecule has 60 valence electrons. The molecule has 0 aromatic rings. The van der Waals surface area contributed by atoms with E-state index in [0.29, 0.717) is 0 Å². The van der Waals surface area contributed by atoms with Crippen LogP contribution >= 0.6 is 0 Å². The maximum absolute atomic E-state index is 11.0. The molecule has 1 atom stereocenters. The molecule has 11 heavy (non-hydrogen) atoms. The third-order valence-electron chi connectivity index (χ3n) is 0.735. The first kappa shape index (κ1) is 13.8. The minimum atomic E-state index is -1.39. The van der Waals surface area contributed by atoms with Gasteiger partial charge in [-0.25, -0.2) is 0 Å². The van der Waals surface area contributed by atoms with E-state index < -0.39 is 15.7 Å². The van der Waals surface area contributed by atoms with Crippen LogP contribution in [0.3, 0.4) is 0 Å². The van der Waals surface area contributed by atoms with Crippen LogP contribution in [0.1, 0.15) is 27.7 Å². The third-order valence-corrected chi connectivity index (χ3v) is 2.21. The molecule has 1 amide bonds. The summed E-state index contributed by atoms with van der Waals surface area (Å²) in [6.07, 6.45) is 0. The van der Waals surface area contributed by atoms with Gasteiger partial charge >= 0.3 is 18.9 Å². The first-order valence-electron chi connectivity index (χ1n) is 2.98. The average molecular weight is 169 g/mol. The SMILES string of the molecule is CC(=O)[N-][S@](=O)C(C)(C)C.[Li+]. The number of rotatable bonds is 1. The fourth-order valence-corrected chi connectivity index (χ4v) is 0.761. The predicted molar refractivity (Wildman–Crippen MR) is 41.9 cm³/mol. The second kappa shape index (κ2) is 4.97. The molecule has 0 radical (unpaired) electrons. The molecular formula is C6H12LiNO2S. The van der Waals surface area contributed by atoms with E-state index >= 15 is 0 Å². The van der Waals surface area contributed by atoms with Crippen LogP contribution in [0.4, 0.5) is 0 Å². The van der Waals surface area contributed by atoms with Gasteiger partial charge in [0.25, 0.3) is 0 Å². The van der Waals surface area contributed by atoms with E-state index in [1.54, 1.807) is 20.8 Å². The van der Waals surface area contributed by atoms with Crippen LogP contribution in [0.15, 0.2) is 0 Å². The second-order valence-electron chi connectivity index (χ2n) is 2.97. The Hall–Kier alpha value is 0.217. The topological polar surface area (TPSA) is 48.2 Å². The van der Waals surface area contributed by atoms with Crippen molar-refractivity contribution < 1.29 is 27.9 Å². The fourth-order valence-electron chi connectivity index (χ4n) is 0.254. The Morgan fingerprint density at radius 3 is 1.82 bits per heavy atom. The van der Waals surface area contributed by atoms with E-state index in [4.69, 9.17) is 0 Å². The molecule has 0 bridgehead atoms. The van der Waals surface area contributed by atoms with Crippen molar-refractivity contribution in [2.45, 2.75) is 32.4 Å². The van der Waals surface area contributed by atoms with Gasteiger partial charge in [-0.2, -0.15) is 0 Å². The molecule has 0 saturated heterocycles. The number of hydrogen-bond donors (Lipinski definition) is 0. The van der Waals surface area contributed by atoms with Crippen LogP contribution in [0.25, 0.3) is 4.72 Å². The Morgan fingerprint density at radius 2 is 1.73 bits per heavy atom. The van der Waals surface area contributed by atoms with E-state index in [2.05, 4.69) is 4.72 Å². The molecule has 0 spiro atoms. The molecule has 0 aromatic carbocycles. The molecule has 0 aliphatic carbocycles. The van der Waals surface area contributed by atoms with Gasteiger partial charge in [0.1, 0.15) is 0 Å². The van der Waals surface area contributed by atoms with Gasteiger partial charge in [0.2, 0.25) is 0 Å². The number of nitrogens with zero attached hydrogens (tertiary/aromatic N) is 1. The molecule has 3 nitrogen and oxygen atoms in total. The summed E-state index contributed by atoms with van der Waals surface area (Å²) < 4.78 is 14.0. The number of carbonyl (C=O) groups is 1. The van der Waals surface area contributed by atoms with Crippen LogP contribution in [-0.4, -0.2) is 14.9 Å². The van der Waals surface area contributed by atoms with Gasteiger partial charge in [-0.3, -0.25) is 4.21 Å². The Balaban J connectivity index is 0. The van der Waals surface area contributed by atoms with Crippen LogP contribution in [0, 0.1) is 0 Å². The Kier molecular flexibility index (Phi) is 6.23. The van der Waals surface area contributed by atoms with E-state index in [9.17, 15) is 9.00 Å². The molecule has 0 aromatic heterocycles. The zero-order valence-electron chi connectivity index (χ0n) is 7.67. The Bertz CT molecular complexity index is 164. The second-order valence-corrected chi connectivity index (χ2v) is 4.88. The van der Waals surface area contributed by atoms with E-state index in [1.165, 1.54) is 6.92 Å². The molecule has 0 unspecified atom stereocenters. The van der Waals surface area contributed by atoms with Gasteiger partial charge in [0.15, 0.2) is 0 Å². The largest absolute Gasteiger partial charge is 1.00 e. The van der Waals surface area contributed by atoms with E-state index in [1.807, 2.05) is 0 Å². The van der Waals surface area contributed by atoms with Gasteiger partial charge in [0.05, 0.1) is 5.91 Å². The van der Waals surface area contributed by atoms with Gasteiger partial charge in [-0.1, -0.05) is 0 Å². The van der Waals surface area contributed by atoms with Gasteiger partial charge in [-0.15, -0.1) is 0 Å². The zero-order valence-corrected chi connectivity index (χ0v) is 8.49. The number of amides is 1. The first-order valence-corrected chi connectivity index (χ1v) is 4.09. The van der Waals surface area contributed by atoms with Crippen molar-refractivity contribution >= 4 is 16.9 Å².